The number of phenolic OH excluding ortho intramolecular Hbond substituents is 1. The van der Waals surface area contributed by atoms with Gasteiger partial charge in [-0.15, -0.1) is 0 Å². The molecular formula is C13H21NO3. The number of aliphatic hydroxyl groups excluding tert-OH is 1. The van der Waals surface area contributed by atoms with E-state index >= 15 is 0 Å². The summed E-state index contributed by atoms with van der Waals surface area (Å²) >= 11 is 0. The van der Waals surface area contributed by atoms with E-state index in [0.29, 0.717) is 31.7 Å². The Morgan fingerprint density at radius 1 is 1.35 bits per heavy atom. The zero-order valence-electron chi connectivity index (χ0n) is 10.2. The van der Waals surface area contributed by atoms with Crippen LogP contribution in [-0.4, -0.2) is 29.5 Å². The van der Waals surface area contributed by atoms with Crippen LogP contribution in [0.3, 0.4) is 0 Å². The lowest BCUT2D eigenvalue weighted by molar-refractivity contribution is 0.129. The second-order valence-corrected chi connectivity index (χ2v) is 4.12. The number of phenols is 1. The zero-order chi connectivity index (χ0) is 12.7. The highest BCUT2D eigenvalue weighted by atomic mass is 16.5. The molecule has 1 atom stereocenters. The van der Waals surface area contributed by atoms with Gasteiger partial charge in [0.05, 0.1) is 12.7 Å². The third-order valence-corrected chi connectivity index (χ3v) is 2.71. The van der Waals surface area contributed by atoms with Crippen molar-refractivity contribution < 1.29 is 14.9 Å². The molecule has 0 heterocycles. The summed E-state index contributed by atoms with van der Waals surface area (Å²) in [5.74, 6) is 0.891. The molecule has 4 N–H and O–H groups in total. The van der Waals surface area contributed by atoms with E-state index < -0.39 is 0 Å². The molecule has 1 aromatic rings. The molecule has 0 bridgehead atoms. The van der Waals surface area contributed by atoms with E-state index in [0.717, 1.165) is 12.0 Å². The Labute approximate surface area is 102 Å². The van der Waals surface area contributed by atoms with Gasteiger partial charge in [-0.2, -0.15) is 0 Å². The number of hydrogen-bond acceptors (Lipinski definition) is 4. The quantitative estimate of drug-likeness (QED) is 0.675. The van der Waals surface area contributed by atoms with Crippen LogP contribution in [-0.2, 0) is 0 Å². The van der Waals surface area contributed by atoms with Gasteiger partial charge >= 0.3 is 0 Å². The van der Waals surface area contributed by atoms with Gasteiger partial charge < -0.3 is 20.7 Å². The number of nitrogens with two attached hydrogens (primary N) is 1. The van der Waals surface area contributed by atoms with Crippen LogP contribution >= 0.6 is 0 Å². The first-order valence-electron chi connectivity index (χ1n) is 5.94. The molecule has 1 unspecified atom stereocenters. The van der Waals surface area contributed by atoms with Gasteiger partial charge in [-0.05, 0) is 38.4 Å². The molecule has 96 valence electrons. The maximum Gasteiger partial charge on any atom is 0.125 e. The Bertz CT molecular complexity index is 341. The maximum atomic E-state index is 9.60. The topological polar surface area (TPSA) is 75.7 Å². The summed E-state index contributed by atoms with van der Waals surface area (Å²) in [7, 11) is 0. The minimum absolute atomic E-state index is 0.228. The molecule has 0 fully saturated rings. The first-order valence-corrected chi connectivity index (χ1v) is 5.94. The van der Waals surface area contributed by atoms with Crippen LogP contribution in [0.2, 0.25) is 0 Å². The van der Waals surface area contributed by atoms with Gasteiger partial charge in [0.15, 0.2) is 0 Å². The molecule has 0 aliphatic carbocycles. The van der Waals surface area contributed by atoms with Crippen LogP contribution in [0.15, 0.2) is 18.2 Å². The Morgan fingerprint density at radius 3 is 2.82 bits per heavy atom. The summed E-state index contributed by atoms with van der Waals surface area (Å²) in [5, 5.41) is 19.1. The van der Waals surface area contributed by atoms with Gasteiger partial charge in [-0.1, -0.05) is 6.07 Å². The molecule has 4 nitrogen and oxygen atoms in total. The highest BCUT2D eigenvalue weighted by Gasteiger charge is 2.06. The molecular weight excluding hydrogens is 218 g/mol. The lowest BCUT2D eigenvalue weighted by Crippen LogP contribution is -2.14. The van der Waals surface area contributed by atoms with Gasteiger partial charge in [-0.3, -0.25) is 0 Å². The number of rotatable bonds is 7. The Morgan fingerprint density at radius 2 is 2.12 bits per heavy atom. The lowest BCUT2D eigenvalue weighted by atomic mass is 10.1. The summed E-state index contributed by atoms with van der Waals surface area (Å²) < 4.78 is 5.52. The molecule has 4 heteroatoms. The Hall–Kier alpha value is -1.26. The maximum absolute atomic E-state index is 9.60. The number of aromatic hydroxyl groups is 1. The van der Waals surface area contributed by atoms with Crippen molar-refractivity contribution in [3.05, 3.63) is 23.8 Å². The van der Waals surface area contributed by atoms with E-state index in [2.05, 4.69) is 0 Å². The summed E-state index contributed by atoms with van der Waals surface area (Å²) in [5.41, 5.74) is 6.09. The first kappa shape index (κ1) is 13.8. The molecule has 0 radical (unpaired) electrons. The van der Waals surface area contributed by atoms with Crippen molar-refractivity contribution in [2.45, 2.75) is 32.3 Å². The Kier molecular flexibility index (Phi) is 5.80. The van der Waals surface area contributed by atoms with Gasteiger partial charge in [0.1, 0.15) is 11.5 Å². The molecule has 1 aromatic carbocycles. The van der Waals surface area contributed by atoms with Crippen LogP contribution in [0.1, 0.15) is 24.8 Å². The van der Waals surface area contributed by atoms with Gasteiger partial charge in [0.2, 0.25) is 0 Å². The van der Waals surface area contributed by atoms with Crippen molar-refractivity contribution in [2.75, 3.05) is 13.2 Å². The third kappa shape index (κ3) is 4.63. The van der Waals surface area contributed by atoms with E-state index in [1.807, 2.05) is 0 Å². The van der Waals surface area contributed by atoms with E-state index in [4.69, 9.17) is 10.5 Å². The molecule has 0 saturated carbocycles. The van der Waals surface area contributed by atoms with Crippen molar-refractivity contribution in [3.8, 4) is 11.5 Å². The van der Waals surface area contributed by atoms with Crippen LogP contribution in [0.25, 0.3) is 0 Å². The van der Waals surface area contributed by atoms with Crippen LogP contribution in [0, 0.1) is 6.92 Å². The minimum atomic E-state index is -0.365. The minimum Gasteiger partial charge on any atom is -0.508 e. The average molecular weight is 239 g/mol. The fourth-order valence-corrected chi connectivity index (χ4v) is 1.56. The summed E-state index contributed by atoms with van der Waals surface area (Å²) in [6.07, 6.45) is 1.75. The number of hydrogen-bond donors (Lipinski definition) is 3. The van der Waals surface area contributed by atoms with E-state index in [1.54, 1.807) is 25.1 Å². The fourth-order valence-electron chi connectivity index (χ4n) is 1.56. The van der Waals surface area contributed by atoms with Crippen molar-refractivity contribution >= 4 is 0 Å². The van der Waals surface area contributed by atoms with Crippen molar-refractivity contribution in [1.82, 2.24) is 0 Å². The largest absolute Gasteiger partial charge is 0.508 e. The van der Waals surface area contributed by atoms with Gasteiger partial charge in [0, 0.05) is 12.0 Å². The van der Waals surface area contributed by atoms with Crippen LogP contribution in [0.4, 0.5) is 0 Å². The summed E-state index contributed by atoms with van der Waals surface area (Å²) in [6.45, 7) is 2.84. The normalized spacial score (nSPS) is 12.4. The Balaban J connectivity index is 2.33. The molecule has 1 rings (SSSR count). The monoisotopic (exact) mass is 239 g/mol. The second kappa shape index (κ2) is 7.14. The average Bonchev–Trinajstić information content (AvgIpc) is 2.32. The van der Waals surface area contributed by atoms with E-state index in [9.17, 15) is 10.2 Å². The highest BCUT2D eigenvalue weighted by Crippen LogP contribution is 2.26. The van der Waals surface area contributed by atoms with Gasteiger partial charge in [0.25, 0.3) is 0 Å². The predicted molar refractivity (Wildman–Crippen MR) is 67.3 cm³/mol. The zero-order valence-corrected chi connectivity index (χ0v) is 10.2. The van der Waals surface area contributed by atoms with Crippen molar-refractivity contribution in [2.24, 2.45) is 5.73 Å². The van der Waals surface area contributed by atoms with Gasteiger partial charge in [-0.25, -0.2) is 0 Å². The SMILES string of the molecule is Cc1c(O)cccc1OCCC(O)CCCN. The highest BCUT2D eigenvalue weighted by molar-refractivity contribution is 5.42. The molecule has 0 aliphatic rings. The molecule has 0 spiro atoms. The number of benzene rings is 1. The number of ether oxygens (including phenoxy) is 1. The smallest absolute Gasteiger partial charge is 0.125 e. The summed E-state index contributed by atoms with van der Waals surface area (Å²) in [4.78, 5) is 0. The van der Waals surface area contributed by atoms with E-state index in [1.165, 1.54) is 0 Å². The first-order chi connectivity index (χ1) is 8.15. The van der Waals surface area contributed by atoms with Crippen molar-refractivity contribution in [1.29, 1.82) is 0 Å². The summed E-state index contributed by atoms with van der Waals surface area (Å²) in [6, 6.07) is 5.17. The van der Waals surface area contributed by atoms with Crippen molar-refractivity contribution in [3.63, 3.8) is 0 Å². The molecule has 0 aromatic heterocycles. The number of aliphatic hydroxyl groups is 1. The van der Waals surface area contributed by atoms with Crippen LogP contribution < -0.4 is 10.5 Å². The standard InChI is InChI=1S/C13H21NO3/c1-10-12(16)5-2-6-13(10)17-9-7-11(15)4-3-8-14/h2,5-6,11,15-16H,3-4,7-9,14H2,1H3. The van der Waals surface area contributed by atoms with E-state index in [-0.39, 0.29) is 11.9 Å². The molecule has 0 amide bonds. The molecule has 17 heavy (non-hydrogen) atoms. The molecule has 0 saturated heterocycles. The predicted octanol–water partition coefficient (Wildman–Crippen LogP) is 1.57. The second-order valence-electron chi connectivity index (χ2n) is 4.12. The van der Waals surface area contributed by atoms with Crippen LogP contribution in [0.5, 0.6) is 11.5 Å². The third-order valence-electron chi connectivity index (χ3n) is 2.71. The lowest BCUT2D eigenvalue weighted by Gasteiger charge is -2.13. The molecule has 0 aliphatic heterocycles. The fraction of sp³-hybridized carbons (Fsp3) is 0.538.